The Kier molecular flexibility index (Phi) is 8.34. The van der Waals surface area contributed by atoms with Gasteiger partial charge < -0.3 is 19.7 Å². The van der Waals surface area contributed by atoms with E-state index >= 15 is 0 Å². The van der Waals surface area contributed by atoms with Crippen molar-refractivity contribution in [3.05, 3.63) is 60.4 Å². The van der Waals surface area contributed by atoms with Crippen molar-refractivity contribution in [1.29, 1.82) is 0 Å². The van der Waals surface area contributed by atoms with E-state index in [1.807, 2.05) is 25.1 Å². The number of carbonyl (C=O) groups excluding carboxylic acids is 3. The predicted molar refractivity (Wildman–Crippen MR) is 139 cm³/mol. The zero-order valence-electron chi connectivity index (χ0n) is 20.3. The summed E-state index contributed by atoms with van der Waals surface area (Å²) in [6.45, 7) is 10.6. The van der Waals surface area contributed by atoms with Crippen molar-refractivity contribution in [2.24, 2.45) is 0 Å². The van der Waals surface area contributed by atoms with E-state index in [1.54, 1.807) is 25.1 Å². The van der Waals surface area contributed by atoms with Gasteiger partial charge in [0.2, 0.25) is 6.41 Å². The fraction of sp³-hybridized carbons (Fsp3) is 0.346. The average molecular weight is 498 g/mol. The lowest BCUT2D eigenvalue weighted by atomic mass is 9.82. The lowest BCUT2D eigenvalue weighted by molar-refractivity contribution is -0.131. The number of carbonyl (C=O) groups is 3. The highest BCUT2D eigenvalue weighted by Gasteiger charge is 2.42. The minimum Gasteiger partial charge on any atom is -0.495 e. The van der Waals surface area contributed by atoms with E-state index in [2.05, 4.69) is 23.8 Å². The second kappa shape index (κ2) is 11.2. The Hall–Kier alpha value is -3.59. The third-order valence-corrected chi connectivity index (χ3v) is 7.46. The SMILES string of the molecule is C=CC1=C(C=C)C(=O)CC2(CCN(C=O)CC2)O1.CNC(=O)Nc1sc2c(OC)cccc2c1C. The number of ether oxygens (including phenoxy) is 2. The Morgan fingerprint density at radius 1 is 1.26 bits per heavy atom. The van der Waals surface area contributed by atoms with Crippen molar-refractivity contribution >= 4 is 44.6 Å². The number of thiophene rings is 1. The van der Waals surface area contributed by atoms with E-state index in [0.29, 0.717) is 43.7 Å². The summed E-state index contributed by atoms with van der Waals surface area (Å²) >= 11 is 1.52. The van der Waals surface area contributed by atoms with E-state index in [1.165, 1.54) is 17.4 Å². The van der Waals surface area contributed by atoms with Crippen LogP contribution in [0.4, 0.5) is 9.80 Å². The summed E-state index contributed by atoms with van der Waals surface area (Å²) in [4.78, 5) is 35.8. The van der Waals surface area contributed by atoms with Crippen molar-refractivity contribution in [3.8, 4) is 5.75 Å². The van der Waals surface area contributed by atoms with Gasteiger partial charge in [-0.1, -0.05) is 31.4 Å². The van der Waals surface area contributed by atoms with E-state index < -0.39 is 5.60 Å². The van der Waals surface area contributed by atoms with E-state index in [0.717, 1.165) is 32.8 Å². The highest BCUT2D eigenvalue weighted by atomic mass is 32.1. The minimum atomic E-state index is -0.466. The lowest BCUT2D eigenvalue weighted by Crippen LogP contribution is -2.48. The maximum atomic E-state index is 12.1. The van der Waals surface area contributed by atoms with Crippen LogP contribution in [0.5, 0.6) is 5.75 Å². The number of fused-ring (bicyclic) bond motifs is 1. The van der Waals surface area contributed by atoms with Gasteiger partial charge in [0.1, 0.15) is 22.1 Å². The van der Waals surface area contributed by atoms with E-state index in [9.17, 15) is 14.4 Å². The Morgan fingerprint density at radius 2 is 1.97 bits per heavy atom. The van der Waals surface area contributed by atoms with Crippen LogP contribution in [-0.2, 0) is 14.3 Å². The van der Waals surface area contributed by atoms with Crippen molar-refractivity contribution < 1.29 is 23.9 Å². The van der Waals surface area contributed by atoms with Crippen molar-refractivity contribution in [2.75, 3.05) is 32.6 Å². The summed E-state index contributed by atoms with van der Waals surface area (Å²) in [6, 6.07) is 5.68. The Morgan fingerprint density at radius 3 is 2.54 bits per heavy atom. The number of amides is 3. The maximum absolute atomic E-state index is 12.1. The number of hydrogen-bond donors (Lipinski definition) is 2. The summed E-state index contributed by atoms with van der Waals surface area (Å²) < 4.78 is 12.3. The fourth-order valence-corrected chi connectivity index (χ4v) is 5.39. The molecule has 2 N–H and O–H groups in total. The minimum absolute atomic E-state index is 0.0469. The number of allylic oxidation sites excluding steroid dienone is 3. The van der Waals surface area contributed by atoms with Gasteiger partial charge in [0.25, 0.3) is 0 Å². The van der Waals surface area contributed by atoms with Crippen LogP contribution in [0.15, 0.2) is 54.8 Å². The Bertz CT molecular complexity index is 1180. The zero-order chi connectivity index (χ0) is 25.6. The number of Topliss-reactive ketones (excluding diaryl/α,β-unsaturated/α-hetero) is 1. The number of nitrogens with zero attached hydrogens (tertiary/aromatic N) is 1. The molecule has 0 aliphatic carbocycles. The van der Waals surface area contributed by atoms with E-state index in [4.69, 9.17) is 9.47 Å². The summed E-state index contributed by atoms with van der Waals surface area (Å²) in [5, 5.41) is 7.32. The number of benzene rings is 1. The molecule has 186 valence electrons. The molecule has 9 heteroatoms. The van der Waals surface area contributed by atoms with Crippen LogP contribution in [0.3, 0.4) is 0 Å². The first kappa shape index (κ1) is 26.0. The first-order chi connectivity index (χ1) is 16.8. The molecule has 0 unspecified atom stereocenters. The number of ketones is 1. The molecule has 0 saturated carbocycles. The van der Waals surface area contributed by atoms with Crippen LogP contribution in [0.25, 0.3) is 10.1 Å². The third kappa shape index (κ3) is 5.57. The largest absolute Gasteiger partial charge is 0.495 e. The number of piperidine rings is 1. The maximum Gasteiger partial charge on any atom is 0.319 e. The van der Waals surface area contributed by atoms with Gasteiger partial charge in [0, 0.05) is 38.4 Å². The first-order valence-corrected chi connectivity index (χ1v) is 12.1. The van der Waals surface area contributed by atoms with Gasteiger partial charge in [-0.05, 0) is 24.6 Å². The van der Waals surface area contributed by atoms with Crippen LogP contribution in [-0.4, -0.2) is 56.0 Å². The second-order valence-electron chi connectivity index (χ2n) is 8.31. The molecule has 2 aromatic rings. The summed E-state index contributed by atoms with van der Waals surface area (Å²) in [5.41, 5.74) is 1.10. The van der Waals surface area contributed by atoms with Gasteiger partial charge in [-0.15, -0.1) is 11.3 Å². The predicted octanol–water partition coefficient (Wildman–Crippen LogP) is 4.56. The quantitative estimate of drug-likeness (QED) is 0.590. The summed E-state index contributed by atoms with van der Waals surface area (Å²) in [6.07, 6.45) is 5.64. The zero-order valence-corrected chi connectivity index (χ0v) is 21.1. The lowest BCUT2D eigenvalue weighted by Gasteiger charge is -2.43. The molecule has 2 aliphatic rings. The van der Waals surface area contributed by atoms with Gasteiger partial charge in [0.15, 0.2) is 5.78 Å². The highest BCUT2D eigenvalue weighted by Crippen LogP contribution is 2.40. The molecule has 3 heterocycles. The smallest absolute Gasteiger partial charge is 0.319 e. The molecule has 8 nitrogen and oxygen atoms in total. The number of hydrogen-bond acceptors (Lipinski definition) is 6. The van der Waals surface area contributed by atoms with Crippen LogP contribution in [0, 0.1) is 6.92 Å². The first-order valence-electron chi connectivity index (χ1n) is 11.3. The summed E-state index contributed by atoms with van der Waals surface area (Å²) in [7, 11) is 3.24. The molecule has 1 saturated heterocycles. The van der Waals surface area contributed by atoms with Crippen LogP contribution in [0.1, 0.15) is 24.8 Å². The Labute approximate surface area is 209 Å². The van der Waals surface area contributed by atoms with Crippen molar-refractivity contribution in [2.45, 2.75) is 31.8 Å². The number of rotatable bonds is 5. The van der Waals surface area contributed by atoms with Crippen LogP contribution >= 0.6 is 11.3 Å². The average Bonchev–Trinajstić information content (AvgIpc) is 3.19. The molecule has 1 fully saturated rings. The Balaban J connectivity index is 0.000000196. The molecule has 1 aromatic carbocycles. The van der Waals surface area contributed by atoms with Gasteiger partial charge in [-0.3, -0.25) is 14.9 Å². The summed E-state index contributed by atoms with van der Waals surface area (Å²) in [5.74, 6) is 1.40. The molecule has 1 aromatic heterocycles. The second-order valence-corrected chi connectivity index (χ2v) is 9.33. The van der Waals surface area contributed by atoms with Gasteiger partial charge in [-0.25, -0.2) is 4.79 Å². The number of urea groups is 1. The number of anilines is 1. The van der Waals surface area contributed by atoms with E-state index in [-0.39, 0.29) is 11.8 Å². The molecule has 0 atom stereocenters. The number of aryl methyl sites for hydroxylation is 1. The monoisotopic (exact) mass is 497 g/mol. The molecular formula is C26H31N3O5S. The van der Waals surface area contributed by atoms with Gasteiger partial charge >= 0.3 is 6.03 Å². The standard InChI is InChI=1S/C14H17NO3.C12H14N2O2S/c1-3-11-12(17)9-14(18-13(11)4-2)5-7-15(10-16)8-6-14;1-7-8-5-4-6-9(16-3)10(8)17-11(7)14-12(15)13-2/h3-4,10H,1-2,5-9H2;4-6H,1-3H3,(H2,13,14,15). The number of likely N-dealkylation sites (tertiary alicyclic amines) is 1. The molecule has 0 bridgehead atoms. The number of nitrogens with one attached hydrogen (secondary N) is 2. The number of methoxy groups -OCH3 is 1. The normalized spacial score (nSPS) is 16.7. The molecule has 3 amide bonds. The topological polar surface area (TPSA) is 97.0 Å². The van der Waals surface area contributed by atoms with Crippen LogP contribution in [0.2, 0.25) is 0 Å². The molecule has 35 heavy (non-hydrogen) atoms. The van der Waals surface area contributed by atoms with Gasteiger partial charge in [0.05, 0.1) is 23.8 Å². The third-order valence-electron chi connectivity index (χ3n) is 6.22. The molecule has 4 rings (SSSR count). The molecule has 0 radical (unpaired) electrons. The highest BCUT2D eigenvalue weighted by molar-refractivity contribution is 7.23. The van der Waals surface area contributed by atoms with Crippen molar-refractivity contribution in [1.82, 2.24) is 10.2 Å². The van der Waals surface area contributed by atoms with Crippen LogP contribution < -0.4 is 15.4 Å². The fourth-order valence-electron chi connectivity index (χ4n) is 4.19. The molecule has 2 aliphatic heterocycles. The molecule has 1 spiro atoms. The van der Waals surface area contributed by atoms with Gasteiger partial charge in [-0.2, -0.15) is 0 Å². The molecular weight excluding hydrogens is 466 g/mol. The van der Waals surface area contributed by atoms with Crippen molar-refractivity contribution in [3.63, 3.8) is 0 Å².